The maximum Gasteiger partial charge on any atom is 0.177 e. The summed E-state index contributed by atoms with van der Waals surface area (Å²) in [6, 6.07) is 4.96. The molecule has 7 heteroatoms. The summed E-state index contributed by atoms with van der Waals surface area (Å²) in [4.78, 5) is 0.146. The van der Waals surface area contributed by atoms with Gasteiger partial charge in [-0.1, -0.05) is 11.6 Å². The molecule has 0 saturated heterocycles. The molecule has 0 amide bonds. The molecule has 0 bridgehead atoms. The molecule has 1 aliphatic rings. The first kappa shape index (κ1) is 15.4. The Labute approximate surface area is 135 Å². The minimum absolute atomic E-state index is 0.146. The molecular weight excluding hydrogens is 322 g/mol. The number of nitrogens with zero attached hydrogens (tertiary/aromatic N) is 2. The molecule has 1 heterocycles. The first-order valence-electron chi connectivity index (χ1n) is 7.10. The van der Waals surface area contributed by atoms with Gasteiger partial charge in [-0.2, -0.15) is 5.10 Å². The molecule has 1 aromatic carbocycles. The summed E-state index contributed by atoms with van der Waals surface area (Å²) in [5, 5.41) is 7.82. The average Bonchev–Trinajstić information content (AvgIpc) is 3.20. The van der Waals surface area contributed by atoms with Crippen LogP contribution >= 0.6 is 11.6 Å². The number of hydrogen-bond donors (Lipinski definition) is 1. The summed E-state index contributed by atoms with van der Waals surface area (Å²) in [6.07, 6.45) is 5.45. The van der Waals surface area contributed by atoms with Gasteiger partial charge in [0.15, 0.2) is 9.84 Å². The molecule has 1 saturated carbocycles. The lowest BCUT2D eigenvalue weighted by Gasteiger charge is -2.10. The molecule has 0 atom stereocenters. The standard InChI is InChI=1S/C15H18ClN3O2S/c1-19-15(10-3-4-10)11(9-18-19)8-17-12-5-6-13(16)14(7-12)22(2,20)21/h5-7,9-10,17H,3-4,8H2,1-2H3. The van der Waals surface area contributed by atoms with Gasteiger partial charge in [0, 0.05) is 42.7 Å². The van der Waals surface area contributed by atoms with Crippen LogP contribution in [0.4, 0.5) is 5.69 Å². The largest absolute Gasteiger partial charge is 0.381 e. The lowest BCUT2D eigenvalue weighted by Crippen LogP contribution is -2.05. The van der Waals surface area contributed by atoms with Crippen molar-refractivity contribution in [2.24, 2.45) is 7.05 Å². The van der Waals surface area contributed by atoms with Gasteiger partial charge in [-0.05, 0) is 31.0 Å². The van der Waals surface area contributed by atoms with E-state index in [0.717, 1.165) is 17.5 Å². The Morgan fingerprint density at radius 1 is 1.41 bits per heavy atom. The van der Waals surface area contributed by atoms with Gasteiger partial charge in [0.2, 0.25) is 0 Å². The topological polar surface area (TPSA) is 64.0 Å². The number of aryl methyl sites for hydroxylation is 1. The zero-order valence-corrected chi connectivity index (χ0v) is 14.1. The molecular formula is C15H18ClN3O2S. The van der Waals surface area contributed by atoms with Crippen molar-refractivity contribution in [2.45, 2.75) is 30.2 Å². The highest BCUT2D eigenvalue weighted by molar-refractivity contribution is 7.90. The maximum atomic E-state index is 11.7. The number of rotatable bonds is 5. The number of benzene rings is 1. The first-order chi connectivity index (χ1) is 10.4. The molecule has 3 rings (SSSR count). The van der Waals surface area contributed by atoms with E-state index in [1.807, 2.05) is 17.9 Å². The van der Waals surface area contributed by atoms with Crippen LogP contribution < -0.4 is 5.32 Å². The predicted molar refractivity (Wildman–Crippen MR) is 87.1 cm³/mol. The lowest BCUT2D eigenvalue weighted by molar-refractivity contribution is 0.602. The molecule has 1 N–H and O–H groups in total. The number of aromatic nitrogens is 2. The average molecular weight is 340 g/mol. The van der Waals surface area contributed by atoms with Crippen molar-refractivity contribution in [1.29, 1.82) is 0 Å². The van der Waals surface area contributed by atoms with Gasteiger partial charge < -0.3 is 5.32 Å². The molecule has 0 spiro atoms. The van der Waals surface area contributed by atoms with Gasteiger partial charge in [-0.3, -0.25) is 4.68 Å². The van der Waals surface area contributed by atoms with Crippen LogP contribution in [0.15, 0.2) is 29.3 Å². The monoisotopic (exact) mass is 339 g/mol. The van der Waals surface area contributed by atoms with Crippen LogP contribution in [-0.4, -0.2) is 24.5 Å². The summed E-state index contributed by atoms with van der Waals surface area (Å²) in [5.41, 5.74) is 3.15. The fraction of sp³-hybridized carbons (Fsp3) is 0.400. The van der Waals surface area contributed by atoms with Crippen molar-refractivity contribution in [3.8, 4) is 0 Å². The van der Waals surface area contributed by atoms with Gasteiger partial charge in [-0.15, -0.1) is 0 Å². The van der Waals surface area contributed by atoms with Crippen LogP contribution in [0.5, 0.6) is 0 Å². The van der Waals surface area contributed by atoms with Crippen molar-refractivity contribution in [3.05, 3.63) is 40.7 Å². The summed E-state index contributed by atoms with van der Waals surface area (Å²) in [6.45, 7) is 0.616. The van der Waals surface area contributed by atoms with Crippen LogP contribution in [0.25, 0.3) is 0 Å². The molecule has 0 radical (unpaired) electrons. The minimum atomic E-state index is -3.33. The third-order valence-corrected chi connectivity index (χ3v) is 5.42. The van der Waals surface area contributed by atoms with E-state index in [1.165, 1.54) is 18.5 Å². The van der Waals surface area contributed by atoms with E-state index in [-0.39, 0.29) is 9.92 Å². The molecule has 0 unspecified atom stereocenters. The number of anilines is 1. The van der Waals surface area contributed by atoms with E-state index in [0.29, 0.717) is 12.5 Å². The highest BCUT2D eigenvalue weighted by Gasteiger charge is 2.29. The smallest absolute Gasteiger partial charge is 0.177 e. The Morgan fingerprint density at radius 3 is 2.77 bits per heavy atom. The maximum absolute atomic E-state index is 11.7. The van der Waals surface area contributed by atoms with Crippen molar-refractivity contribution in [1.82, 2.24) is 9.78 Å². The molecule has 118 valence electrons. The predicted octanol–water partition coefficient (Wildman–Crippen LogP) is 2.97. The van der Waals surface area contributed by atoms with Crippen molar-refractivity contribution >= 4 is 27.1 Å². The summed E-state index contributed by atoms with van der Waals surface area (Å²) in [7, 11) is -1.38. The minimum Gasteiger partial charge on any atom is -0.381 e. The van der Waals surface area contributed by atoms with E-state index in [9.17, 15) is 8.42 Å². The quantitative estimate of drug-likeness (QED) is 0.909. The number of sulfone groups is 1. The Kier molecular flexibility index (Phi) is 3.91. The zero-order valence-electron chi connectivity index (χ0n) is 12.5. The third-order valence-electron chi connectivity index (χ3n) is 3.84. The molecule has 5 nitrogen and oxygen atoms in total. The van der Waals surface area contributed by atoms with Crippen molar-refractivity contribution in [3.63, 3.8) is 0 Å². The number of nitrogens with one attached hydrogen (secondary N) is 1. The first-order valence-corrected chi connectivity index (χ1v) is 9.37. The van der Waals surface area contributed by atoms with Crippen LogP contribution in [-0.2, 0) is 23.4 Å². The number of hydrogen-bond acceptors (Lipinski definition) is 4. The molecule has 0 aliphatic heterocycles. The van der Waals surface area contributed by atoms with Gasteiger partial charge in [0.25, 0.3) is 0 Å². The summed E-state index contributed by atoms with van der Waals surface area (Å²) < 4.78 is 25.3. The fourth-order valence-electron chi connectivity index (χ4n) is 2.61. The van der Waals surface area contributed by atoms with Crippen LogP contribution in [0.1, 0.15) is 30.0 Å². The second-order valence-corrected chi connectivity index (χ2v) is 8.12. The second-order valence-electron chi connectivity index (χ2n) is 5.72. The molecule has 1 fully saturated rings. The normalized spacial score (nSPS) is 15.0. The van der Waals surface area contributed by atoms with Gasteiger partial charge in [0.05, 0.1) is 16.1 Å². The highest BCUT2D eigenvalue weighted by atomic mass is 35.5. The molecule has 22 heavy (non-hydrogen) atoms. The molecule has 1 aliphatic carbocycles. The summed E-state index contributed by atoms with van der Waals surface area (Å²) in [5.74, 6) is 0.612. The Hall–Kier alpha value is -1.53. The van der Waals surface area contributed by atoms with Crippen molar-refractivity contribution in [2.75, 3.05) is 11.6 Å². The Bertz CT molecular complexity index is 810. The molecule has 2 aromatic rings. The highest BCUT2D eigenvalue weighted by Crippen LogP contribution is 2.41. The van der Waals surface area contributed by atoms with E-state index in [4.69, 9.17) is 11.6 Å². The number of halogens is 1. The molecule has 1 aromatic heterocycles. The van der Waals surface area contributed by atoms with E-state index < -0.39 is 9.84 Å². The lowest BCUT2D eigenvalue weighted by atomic mass is 10.1. The van der Waals surface area contributed by atoms with Crippen LogP contribution in [0.3, 0.4) is 0 Å². The fourth-order valence-corrected chi connectivity index (χ4v) is 3.91. The SMILES string of the molecule is Cn1ncc(CNc2ccc(Cl)c(S(C)(=O)=O)c2)c1C1CC1. The van der Waals surface area contributed by atoms with Crippen LogP contribution in [0, 0.1) is 0 Å². The summed E-state index contributed by atoms with van der Waals surface area (Å²) >= 11 is 5.96. The van der Waals surface area contributed by atoms with Gasteiger partial charge in [0.1, 0.15) is 0 Å². The Morgan fingerprint density at radius 2 is 2.14 bits per heavy atom. The van der Waals surface area contributed by atoms with E-state index in [2.05, 4.69) is 10.4 Å². The van der Waals surface area contributed by atoms with E-state index in [1.54, 1.807) is 18.2 Å². The zero-order chi connectivity index (χ0) is 15.9. The van der Waals surface area contributed by atoms with Crippen molar-refractivity contribution < 1.29 is 8.42 Å². The van der Waals surface area contributed by atoms with Gasteiger partial charge >= 0.3 is 0 Å². The third kappa shape index (κ3) is 3.13. The second kappa shape index (κ2) is 5.59. The van der Waals surface area contributed by atoms with Crippen LogP contribution in [0.2, 0.25) is 5.02 Å². The van der Waals surface area contributed by atoms with Gasteiger partial charge in [-0.25, -0.2) is 8.42 Å². The Balaban J connectivity index is 1.80. The van der Waals surface area contributed by atoms with E-state index >= 15 is 0 Å².